The third-order valence-corrected chi connectivity index (χ3v) is 4.61. The maximum absolute atomic E-state index is 12.7. The van der Waals surface area contributed by atoms with E-state index in [1.54, 1.807) is 4.68 Å². The second kappa shape index (κ2) is 4.95. The number of allylic oxidation sites excluding steroid dienone is 2. The van der Waals surface area contributed by atoms with Gasteiger partial charge in [0.1, 0.15) is 12.4 Å². The SMILES string of the molecule is CC1CC(=O)C2=C(C1)Nc1ncnn1C2c1ccccc1Cl. The van der Waals surface area contributed by atoms with Gasteiger partial charge in [-0.15, -0.1) is 0 Å². The van der Waals surface area contributed by atoms with E-state index >= 15 is 0 Å². The highest BCUT2D eigenvalue weighted by Gasteiger charge is 2.38. The smallest absolute Gasteiger partial charge is 0.226 e. The van der Waals surface area contributed by atoms with Crippen LogP contribution in [0.3, 0.4) is 0 Å². The lowest BCUT2D eigenvalue weighted by Gasteiger charge is -2.34. The van der Waals surface area contributed by atoms with E-state index in [9.17, 15) is 4.79 Å². The number of halogens is 1. The molecule has 0 fully saturated rings. The molecule has 0 spiro atoms. The Hall–Kier alpha value is -2.14. The molecule has 1 aliphatic carbocycles. The van der Waals surface area contributed by atoms with Gasteiger partial charge < -0.3 is 5.32 Å². The Morgan fingerprint density at radius 1 is 1.32 bits per heavy atom. The summed E-state index contributed by atoms with van der Waals surface area (Å²) in [6.07, 6.45) is 2.90. The Kier molecular flexibility index (Phi) is 3.04. The van der Waals surface area contributed by atoms with Crippen molar-refractivity contribution in [3.8, 4) is 0 Å². The first-order valence-corrected chi connectivity index (χ1v) is 7.70. The molecular weight excluding hydrogens is 300 g/mol. The van der Waals surface area contributed by atoms with Crippen LogP contribution in [0, 0.1) is 5.92 Å². The number of carbonyl (C=O) groups is 1. The van der Waals surface area contributed by atoms with Crippen LogP contribution < -0.4 is 5.32 Å². The van der Waals surface area contributed by atoms with Gasteiger partial charge in [0.05, 0.1) is 0 Å². The summed E-state index contributed by atoms with van der Waals surface area (Å²) in [5, 5.41) is 8.20. The van der Waals surface area contributed by atoms with Crippen molar-refractivity contribution in [3.63, 3.8) is 0 Å². The number of rotatable bonds is 1. The summed E-state index contributed by atoms with van der Waals surface area (Å²) in [4.78, 5) is 16.9. The fourth-order valence-electron chi connectivity index (χ4n) is 3.33. The minimum absolute atomic E-state index is 0.160. The summed E-state index contributed by atoms with van der Waals surface area (Å²) in [6, 6.07) is 7.29. The van der Waals surface area contributed by atoms with E-state index in [2.05, 4.69) is 22.3 Å². The topological polar surface area (TPSA) is 59.8 Å². The number of fused-ring (bicyclic) bond motifs is 1. The highest BCUT2D eigenvalue weighted by Crippen LogP contribution is 2.42. The number of hydrogen-bond acceptors (Lipinski definition) is 4. The summed E-state index contributed by atoms with van der Waals surface area (Å²) >= 11 is 6.38. The van der Waals surface area contributed by atoms with E-state index < -0.39 is 0 Å². The molecule has 0 saturated heterocycles. The van der Waals surface area contributed by atoms with Crippen LogP contribution >= 0.6 is 11.6 Å². The van der Waals surface area contributed by atoms with E-state index in [0.29, 0.717) is 23.3 Å². The molecular formula is C16H15ClN4O. The average molecular weight is 315 g/mol. The predicted octanol–water partition coefficient (Wildman–Crippen LogP) is 3.20. The van der Waals surface area contributed by atoms with Crippen LogP contribution in [0.5, 0.6) is 0 Å². The molecule has 2 atom stereocenters. The maximum Gasteiger partial charge on any atom is 0.226 e. The molecule has 2 unspecified atom stereocenters. The number of ketones is 1. The number of aromatic nitrogens is 3. The molecule has 22 heavy (non-hydrogen) atoms. The zero-order valence-corrected chi connectivity index (χ0v) is 12.8. The Morgan fingerprint density at radius 3 is 2.95 bits per heavy atom. The molecule has 1 N–H and O–H groups in total. The Labute approximate surface area is 133 Å². The lowest BCUT2D eigenvalue weighted by atomic mass is 9.81. The van der Waals surface area contributed by atoms with Gasteiger partial charge in [0.15, 0.2) is 5.78 Å². The number of carbonyl (C=O) groups excluding carboxylic acids is 1. The van der Waals surface area contributed by atoms with Gasteiger partial charge in [0, 0.05) is 28.3 Å². The molecule has 4 rings (SSSR count). The van der Waals surface area contributed by atoms with Gasteiger partial charge in [-0.3, -0.25) is 4.79 Å². The van der Waals surface area contributed by atoms with Crippen molar-refractivity contribution in [2.45, 2.75) is 25.8 Å². The Morgan fingerprint density at radius 2 is 2.14 bits per heavy atom. The lowest BCUT2D eigenvalue weighted by Crippen LogP contribution is -2.33. The van der Waals surface area contributed by atoms with Crippen LogP contribution in [-0.4, -0.2) is 20.5 Å². The van der Waals surface area contributed by atoms with Gasteiger partial charge in [0.25, 0.3) is 0 Å². The second-order valence-corrected chi connectivity index (χ2v) is 6.31. The molecule has 0 amide bonds. The molecule has 112 valence electrons. The minimum Gasteiger partial charge on any atom is -0.328 e. The minimum atomic E-state index is -0.303. The van der Waals surface area contributed by atoms with Crippen molar-refractivity contribution < 1.29 is 4.79 Å². The summed E-state index contributed by atoms with van der Waals surface area (Å²) in [5.41, 5.74) is 2.60. The van der Waals surface area contributed by atoms with Crippen LogP contribution in [0.15, 0.2) is 41.9 Å². The van der Waals surface area contributed by atoms with Gasteiger partial charge in [0.2, 0.25) is 5.95 Å². The van der Waals surface area contributed by atoms with Crippen molar-refractivity contribution in [2.75, 3.05) is 5.32 Å². The normalized spacial score (nSPS) is 23.8. The van der Waals surface area contributed by atoms with E-state index in [-0.39, 0.29) is 11.8 Å². The third kappa shape index (κ3) is 1.96. The van der Waals surface area contributed by atoms with Crippen molar-refractivity contribution >= 4 is 23.3 Å². The monoisotopic (exact) mass is 314 g/mol. The maximum atomic E-state index is 12.7. The molecule has 2 aliphatic rings. The summed E-state index contributed by atoms with van der Waals surface area (Å²) in [5.74, 6) is 1.15. The molecule has 6 heteroatoms. The van der Waals surface area contributed by atoms with Gasteiger partial charge in [-0.2, -0.15) is 10.1 Å². The van der Waals surface area contributed by atoms with E-state index in [4.69, 9.17) is 11.6 Å². The van der Waals surface area contributed by atoms with Crippen LogP contribution in [0.25, 0.3) is 0 Å². The van der Waals surface area contributed by atoms with E-state index in [0.717, 1.165) is 23.3 Å². The molecule has 1 aromatic heterocycles. The first-order chi connectivity index (χ1) is 10.6. The largest absolute Gasteiger partial charge is 0.328 e. The third-order valence-electron chi connectivity index (χ3n) is 4.27. The molecule has 0 radical (unpaired) electrons. The quantitative estimate of drug-likeness (QED) is 0.878. The van der Waals surface area contributed by atoms with Crippen LogP contribution in [0.1, 0.15) is 31.4 Å². The fourth-order valence-corrected chi connectivity index (χ4v) is 3.57. The molecule has 5 nitrogen and oxygen atoms in total. The number of Topliss-reactive ketones (excluding diaryl/α,β-unsaturated/α-hetero) is 1. The van der Waals surface area contributed by atoms with Crippen molar-refractivity contribution in [1.29, 1.82) is 0 Å². The molecule has 2 aromatic rings. The van der Waals surface area contributed by atoms with E-state index in [1.165, 1.54) is 6.33 Å². The van der Waals surface area contributed by atoms with Gasteiger partial charge in [-0.1, -0.05) is 36.7 Å². The zero-order valence-electron chi connectivity index (χ0n) is 12.1. The molecule has 1 aliphatic heterocycles. The Balaban J connectivity index is 1.94. The number of nitrogens with one attached hydrogen (secondary N) is 1. The standard InChI is InChI=1S/C16H15ClN4O/c1-9-6-12-14(13(22)7-9)15(10-4-2-3-5-11(10)17)21-16(20-12)18-8-19-21/h2-5,8-9,15H,6-7H2,1H3,(H,18,19,20). The average Bonchev–Trinajstić information content (AvgIpc) is 2.93. The van der Waals surface area contributed by atoms with Gasteiger partial charge in [-0.05, 0) is 18.4 Å². The molecule has 0 saturated carbocycles. The molecule has 0 bridgehead atoms. The number of nitrogens with zero attached hydrogens (tertiary/aromatic N) is 3. The molecule has 2 heterocycles. The van der Waals surface area contributed by atoms with Crippen LogP contribution in [-0.2, 0) is 4.79 Å². The highest BCUT2D eigenvalue weighted by atomic mass is 35.5. The van der Waals surface area contributed by atoms with Crippen molar-refractivity contribution in [1.82, 2.24) is 14.8 Å². The van der Waals surface area contributed by atoms with Crippen LogP contribution in [0.4, 0.5) is 5.95 Å². The Bertz CT molecular complexity index is 795. The van der Waals surface area contributed by atoms with E-state index in [1.807, 2.05) is 24.3 Å². The highest BCUT2D eigenvalue weighted by molar-refractivity contribution is 6.31. The summed E-state index contributed by atoms with van der Waals surface area (Å²) < 4.78 is 1.74. The summed E-state index contributed by atoms with van der Waals surface area (Å²) in [6.45, 7) is 2.09. The van der Waals surface area contributed by atoms with Gasteiger partial charge in [-0.25, -0.2) is 4.68 Å². The zero-order chi connectivity index (χ0) is 15.3. The number of hydrogen-bond donors (Lipinski definition) is 1. The van der Waals surface area contributed by atoms with Crippen molar-refractivity contribution in [2.24, 2.45) is 5.92 Å². The summed E-state index contributed by atoms with van der Waals surface area (Å²) in [7, 11) is 0. The fraction of sp³-hybridized carbons (Fsp3) is 0.312. The molecule has 1 aromatic carbocycles. The second-order valence-electron chi connectivity index (χ2n) is 5.91. The van der Waals surface area contributed by atoms with Crippen LogP contribution in [0.2, 0.25) is 5.02 Å². The van der Waals surface area contributed by atoms with Gasteiger partial charge >= 0.3 is 0 Å². The lowest BCUT2D eigenvalue weighted by molar-refractivity contribution is -0.117. The van der Waals surface area contributed by atoms with Crippen molar-refractivity contribution in [3.05, 3.63) is 52.4 Å². The number of anilines is 1. The predicted molar refractivity (Wildman–Crippen MR) is 83.7 cm³/mol. The first-order valence-electron chi connectivity index (χ1n) is 7.32. The number of benzene rings is 1. The first kappa shape index (κ1) is 13.5.